The van der Waals surface area contributed by atoms with E-state index in [9.17, 15) is 4.79 Å². The van der Waals surface area contributed by atoms with E-state index in [-0.39, 0.29) is 11.3 Å². The molecule has 0 spiro atoms. The lowest BCUT2D eigenvalue weighted by Crippen LogP contribution is -2.44. The fourth-order valence-electron chi connectivity index (χ4n) is 2.55. The molecule has 3 heteroatoms. The quantitative estimate of drug-likeness (QED) is 0.902. The summed E-state index contributed by atoms with van der Waals surface area (Å²) in [6.45, 7) is 4.67. The second-order valence-electron chi connectivity index (χ2n) is 5.88. The summed E-state index contributed by atoms with van der Waals surface area (Å²) in [5.41, 5.74) is 7.26. The molecule has 1 aromatic rings. The lowest BCUT2D eigenvalue weighted by molar-refractivity contribution is -0.133. The van der Waals surface area contributed by atoms with Gasteiger partial charge in [-0.25, -0.2) is 0 Å². The van der Waals surface area contributed by atoms with Crippen molar-refractivity contribution in [3.63, 3.8) is 0 Å². The van der Waals surface area contributed by atoms with Crippen LogP contribution in [0.1, 0.15) is 31.7 Å². The van der Waals surface area contributed by atoms with Gasteiger partial charge in [0.05, 0.1) is 0 Å². The minimum absolute atomic E-state index is 0.232. The van der Waals surface area contributed by atoms with Crippen molar-refractivity contribution in [3.8, 4) is 0 Å². The molecule has 1 amide bonds. The van der Waals surface area contributed by atoms with Crippen LogP contribution in [-0.4, -0.2) is 30.4 Å². The van der Waals surface area contributed by atoms with Gasteiger partial charge >= 0.3 is 0 Å². The van der Waals surface area contributed by atoms with Gasteiger partial charge in [-0.15, -0.1) is 0 Å². The molecular weight excluding hydrogens is 236 g/mol. The summed E-state index contributed by atoms with van der Waals surface area (Å²) >= 11 is 0. The van der Waals surface area contributed by atoms with E-state index in [0.717, 1.165) is 38.9 Å². The van der Waals surface area contributed by atoms with Crippen molar-refractivity contribution < 1.29 is 4.79 Å². The first-order valence-electron chi connectivity index (χ1n) is 7.15. The smallest absolute Gasteiger partial charge is 0.222 e. The maximum absolute atomic E-state index is 12.2. The predicted octanol–water partition coefficient (Wildman–Crippen LogP) is 2.21. The number of hydrogen-bond donors (Lipinski definition) is 1. The Hall–Kier alpha value is -1.35. The van der Waals surface area contributed by atoms with Gasteiger partial charge < -0.3 is 10.6 Å². The zero-order valence-corrected chi connectivity index (χ0v) is 11.8. The predicted molar refractivity (Wildman–Crippen MR) is 77.7 cm³/mol. The number of piperidine rings is 1. The van der Waals surface area contributed by atoms with Gasteiger partial charge in [0.1, 0.15) is 0 Å². The zero-order valence-electron chi connectivity index (χ0n) is 11.8. The highest BCUT2D eigenvalue weighted by Crippen LogP contribution is 2.29. The first kappa shape index (κ1) is 14.1. The van der Waals surface area contributed by atoms with E-state index < -0.39 is 0 Å². The topological polar surface area (TPSA) is 46.3 Å². The van der Waals surface area contributed by atoms with Crippen LogP contribution in [0, 0.1) is 5.41 Å². The molecule has 0 aliphatic carbocycles. The average Bonchev–Trinajstić information content (AvgIpc) is 2.47. The minimum atomic E-state index is 0.232. The maximum Gasteiger partial charge on any atom is 0.222 e. The molecule has 3 nitrogen and oxygen atoms in total. The van der Waals surface area contributed by atoms with Gasteiger partial charge in [0.25, 0.3) is 0 Å². The van der Waals surface area contributed by atoms with Gasteiger partial charge in [-0.1, -0.05) is 37.3 Å². The largest absolute Gasteiger partial charge is 0.343 e. The first-order chi connectivity index (χ1) is 9.13. The van der Waals surface area contributed by atoms with E-state index in [1.165, 1.54) is 5.56 Å². The molecule has 2 rings (SSSR count). The molecule has 0 unspecified atom stereocenters. The van der Waals surface area contributed by atoms with Crippen molar-refractivity contribution in [2.24, 2.45) is 11.1 Å². The highest BCUT2D eigenvalue weighted by molar-refractivity contribution is 5.76. The lowest BCUT2D eigenvalue weighted by atomic mass is 9.80. The fraction of sp³-hybridized carbons (Fsp3) is 0.562. The summed E-state index contributed by atoms with van der Waals surface area (Å²) < 4.78 is 0. The molecule has 1 fully saturated rings. The SMILES string of the molecule is CC1(CN)CCN(C(=O)CCc2ccccc2)CC1. The number of amides is 1. The maximum atomic E-state index is 12.2. The number of hydrogen-bond acceptors (Lipinski definition) is 2. The first-order valence-corrected chi connectivity index (χ1v) is 7.15. The van der Waals surface area contributed by atoms with Gasteiger partial charge in [-0.05, 0) is 36.8 Å². The van der Waals surface area contributed by atoms with Crippen molar-refractivity contribution in [2.75, 3.05) is 19.6 Å². The molecule has 104 valence electrons. The van der Waals surface area contributed by atoms with Gasteiger partial charge in [-0.3, -0.25) is 4.79 Å². The Kier molecular flexibility index (Phi) is 4.59. The molecule has 0 bridgehead atoms. The van der Waals surface area contributed by atoms with E-state index in [1.807, 2.05) is 23.1 Å². The van der Waals surface area contributed by atoms with Gasteiger partial charge in [-0.2, -0.15) is 0 Å². The second-order valence-corrected chi connectivity index (χ2v) is 5.88. The molecule has 2 N–H and O–H groups in total. The Bertz CT molecular complexity index is 408. The van der Waals surface area contributed by atoms with Crippen LogP contribution in [0.3, 0.4) is 0 Å². The molecule has 1 aliphatic heterocycles. The van der Waals surface area contributed by atoms with Crippen LogP contribution >= 0.6 is 0 Å². The third-order valence-corrected chi connectivity index (χ3v) is 4.29. The van der Waals surface area contributed by atoms with Crippen molar-refractivity contribution >= 4 is 5.91 Å². The standard InChI is InChI=1S/C16H24N2O/c1-16(13-17)9-11-18(12-10-16)15(19)8-7-14-5-3-2-4-6-14/h2-6H,7-13,17H2,1H3. The minimum Gasteiger partial charge on any atom is -0.343 e. The molecule has 1 aliphatic rings. The van der Waals surface area contributed by atoms with Crippen LogP contribution in [0.4, 0.5) is 0 Å². The number of likely N-dealkylation sites (tertiary alicyclic amines) is 1. The van der Waals surface area contributed by atoms with Crippen molar-refractivity contribution in [1.82, 2.24) is 4.90 Å². The molecule has 0 atom stereocenters. The van der Waals surface area contributed by atoms with Crippen LogP contribution in [-0.2, 0) is 11.2 Å². The molecule has 1 aromatic carbocycles. The van der Waals surface area contributed by atoms with E-state index in [0.29, 0.717) is 6.42 Å². The molecule has 1 saturated heterocycles. The molecule has 19 heavy (non-hydrogen) atoms. The third kappa shape index (κ3) is 3.80. The second kappa shape index (κ2) is 6.20. The van der Waals surface area contributed by atoms with Gasteiger partial charge in [0.15, 0.2) is 0 Å². The zero-order chi connectivity index (χ0) is 13.7. The number of aryl methyl sites for hydroxylation is 1. The molecule has 1 heterocycles. The molecule has 0 radical (unpaired) electrons. The average molecular weight is 260 g/mol. The Morgan fingerprint density at radius 1 is 1.26 bits per heavy atom. The number of nitrogens with zero attached hydrogens (tertiary/aromatic N) is 1. The van der Waals surface area contributed by atoms with Crippen LogP contribution in [0.5, 0.6) is 0 Å². The summed E-state index contributed by atoms with van der Waals surface area (Å²) in [5.74, 6) is 0.280. The number of nitrogens with two attached hydrogens (primary N) is 1. The van der Waals surface area contributed by atoms with Crippen LogP contribution < -0.4 is 5.73 Å². The van der Waals surface area contributed by atoms with Gasteiger partial charge in [0.2, 0.25) is 5.91 Å². The van der Waals surface area contributed by atoms with Crippen LogP contribution in [0.15, 0.2) is 30.3 Å². The van der Waals surface area contributed by atoms with Crippen molar-refractivity contribution in [1.29, 1.82) is 0 Å². The van der Waals surface area contributed by atoms with E-state index in [1.54, 1.807) is 0 Å². The van der Waals surface area contributed by atoms with Crippen LogP contribution in [0.2, 0.25) is 0 Å². The molecular formula is C16H24N2O. The molecule has 0 saturated carbocycles. The summed E-state index contributed by atoms with van der Waals surface area (Å²) in [6, 6.07) is 10.2. The number of benzene rings is 1. The Labute approximate surface area is 115 Å². The van der Waals surface area contributed by atoms with E-state index in [2.05, 4.69) is 19.1 Å². The van der Waals surface area contributed by atoms with Gasteiger partial charge in [0, 0.05) is 19.5 Å². The van der Waals surface area contributed by atoms with E-state index >= 15 is 0 Å². The van der Waals surface area contributed by atoms with Crippen molar-refractivity contribution in [3.05, 3.63) is 35.9 Å². The fourth-order valence-corrected chi connectivity index (χ4v) is 2.55. The normalized spacial score (nSPS) is 18.3. The number of carbonyl (C=O) groups excluding carboxylic acids is 1. The Balaban J connectivity index is 1.79. The Morgan fingerprint density at radius 3 is 2.47 bits per heavy atom. The third-order valence-electron chi connectivity index (χ3n) is 4.29. The monoisotopic (exact) mass is 260 g/mol. The summed E-state index contributed by atoms with van der Waals surface area (Å²) in [4.78, 5) is 14.2. The van der Waals surface area contributed by atoms with Crippen molar-refractivity contribution in [2.45, 2.75) is 32.6 Å². The highest BCUT2D eigenvalue weighted by Gasteiger charge is 2.30. The summed E-state index contributed by atoms with van der Waals surface area (Å²) in [5, 5.41) is 0. The highest BCUT2D eigenvalue weighted by atomic mass is 16.2. The van der Waals surface area contributed by atoms with Crippen LogP contribution in [0.25, 0.3) is 0 Å². The van der Waals surface area contributed by atoms with E-state index in [4.69, 9.17) is 5.73 Å². The number of carbonyl (C=O) groups is 1. The molecule has 0 aromatic heterocycles. The number of rotatable bonds is 4. The Morgan fingerprint density at radius 2 is 1.89 bits per heavy atom. The summed E-state index contributed by atoms with van der Waals surface area (Å²) in [7, 11) is 0. The summed E-state index contributed by atoms with van der Waals surface area (Å²) in [6.07, 6.45) is 3.51. The lowest BCUT2D eigenvalue weighted by Gasteiger charge is -2.38.